The average Bonchev–Trinajstić information content (AvgIpc) is 2.51. The highest BCUT2D eigenvalue weighted by atomic mass is 16.5. The van der Waals surface area contributed by atoms with Gasteiger partial charge < -0.3 is 14.8 Å². The number of nitrogens with one attached hydrogen (secondary N) is 1. The molecule has 3 heteroatoms. The van der Waals surface area contributed by atoms with Crippen LogP contribution < -0.4 is 10.1 Å². The van der Waals surface area contributed by atoms with Gasteiger partial charge in [-0.25, -0.2) is 0 Å². The first kappa shape index (κ1) is 15.5. The molecular weight excluding hydrogens is 262 g/mol. The van der Waals surface area contributed by atoms with E-state index in [-0.39, 0.29) is 6.10 Å². The Balaban J connectivity index is 1.83. The molecule has 0 heterocycles. The molecule has 0 bridgehead atoms. The number of ether oxygens (including phenoxy) is 2. The van der Waals surface area contributed by atoms with E-state index in [2.05, 4.69) is 36.5 Å². The van der Waals surface area contributed by atoms with E-state index < -0.39 is 0 Å². The smallest absolute Gasteiger partial charge is 0.119 e. The number of benzene rings is 2. The molecule has 0 saturated carbocycles. The fourth-order valence-electron chi connectivity index (χ4n) is 2.20. The van der Waals surface area contributed by atoms with Gasteiger partial charge in [0.05, 0.1) is 12.7 Å². The summed E-state index contributed by atoms with van der Waals surface area (Å²) in [6.07, 6.45) is 0.0503. The molecule has 0 aliphatic rings. The molecular formula is C18H23NO2. The Morgan fingerprint density at radius 2 is 1.81 bits per heavy atom. The van der Waals surface area contributed by atoms with E-state index in [1.807, 2.05) is 37.4 Å². The van der Waals surface area contributed by atoms with Gasteiger partial charge in [-0.15, -0.1) is 0 Å². The van der Waals surface area contributed by atoms with E-state index in [0.717, 1.165) is 12.3 Å². The second-order valence-electron chi connectivity index (χ2n) is 4.99. The molecule has 2 rings (SSSR count). The fourth-order valence-corrected chi connectivity index (χ4v) is 2.20. The zero-order chi connectivity index (χ0) is 14.9. The maximum absolute atomic E-state index is 5.96. The first-order valence-corrected chi connectivity index (χ1v) is 7.30. The third-order valence-electron chi connectivity index (χ3n) is 3.22. The van der Waals surface area contributed by atoms with Gasteiger partial charge in [0.15, 0.2) is 0 Å². The Bertz CT molecular complexity index is 528. The summed E-state index contributed by atoms with van der Waals surface area (Å²) in [5.74, 6) is 0.877. The molecule has 0 aliphatic heterocycles. The third kappa shape index (κ3) is 5.21. The van der Waals surface area contributed by atoms with E-state index in [1.54, 1.807) is 0 Å². The predicted octanol–water partition coefficient (Wildman–Crippen LogP) is 3.35. The van der Waals surface area contributed by atoms with E-state index in [9.17, 15) is 0 Å². The maximum atomic E-state index is 5.96. The molecule has 0 radical (unpaired) electrons. The van der Waals surface area contributed by atoms with Crippen molar-refractivity contribution in [3.05, 3.63) is 65.7 Å². The molecule has 0 amide bonds. The predicted molar refractivity (Wildman–Crippen MR) is 85.7 cm³/mol. The quantitative estimate of drug-likeness (QED) is 0.755. The summed E-state index contributed by atoms with van der Waals surface area (Å²) >= 11 is 0. The minimum Gasteiger partial charge on any atom is -0.491 e. The summed E-state index contributed by atoms with van der Waals surface area (Å²) in [6, 6.07) is 18.2. The summed E-state index contributed by atoms with van der Waals surface area (Å²) in [6.45, 7) is 4.00. The Labute approximate surface area is 126 Å². The van der Waals surface area contributed by atoms with Gasteiger partial charge in [0, 0.05) is 6.54 Å². The van der Waals surface area contributed by atoms with Crippen LogP contribution in [0.5, 0.6) is 5.75 Å². The zero-order valence-electron chi connectivity index (χ0n) is 12.7. The van der Waals surface area contributed by atoms with Crippen molar-refractivity contribution >= 4 is 0 Å². The van der Waals surface area contributed by atoms with Crippen LogP contribution in [0, 0.1) is 6.92 Å². The maximum Gasteiger partial charge on any atom is 0.119 e. The molecule has 0 spiro atoms. The van der Waals surface area contributed by atoms with Crippen LogP contribution in [0.2, 0.25) is 0 Å². The van der Waals surface area contributed by atoms with Crippen LogP contribution in [0.1, 0.15) is 17.2 Å². The molecule has 0 aromatic heterocycles. The molecule has 0 saturated heterocycles. The highest BCUT2D eigenvalue weighted by molar-refractivity contribution is 5.24. The van der Waals surface area contributed by atoms with Gasteiger partial charge in [-0.3, -0.25) is 0 Å². The molecule has 1 atom stereocenters. The lowest BCUT2D eigenvalue weighted by atomic mass is 10.1. The van der Waals surface area contributed by atoms with Crippen molar-refractivity contribution in [2.75, 3.05) is 26.8 Å². The van der Waals surface area contributed by atoms with E-state index in [4.69, 9.17) is 9.47 Å². The second-order valence-corrected chi connectivity index (χ2v) is 4.99. The normalized spacial score (nSPS) is 12.1. The van der Waals surface area contributed by atoms with Crippen LogP contribution in [0.15, 0.2) is 54.6 Å². The molecule has 3 nitrogen and oxygen atoms in total. The molecule has 21 heavy (non-hydrogen) atoms. The van der Waals surface area contributed by atoms with Gasteiger partial charge >= 0.3 is 0 Å². The summed E-state index contributed by atoms with van der Waals surface area (Å²) in [7, 11) is 1.94. The van der Waals surface area contributed by atoms with E-state index >= 15 is 0 Å². The van der Waals surface area contributed by atoms with Crippen LogP contribution in [0.25, 0.3) is 0 Å². The van der Waals surface area contributed by atoms with Crippen LogP contribution in [-0.4, -0.2) is 26.8 Å². The topological polar surface area (TPSA) is 30.5 Å². The minimum atomic E-state index is 0.0503. The fraction of sp³-hybridized carbons (Fsp3) is 0.333. The molecule has 112 valence electrons. The number of likely N-dealkylation sites (N-methyl/N-ethyl adjacent to an activating group) is 1. The van der Waals surface area contributed by atoms with Crippen molar-refractivity contribution in [3.63, 3.8) is 0 Å². The zero-order valence-corrected chi connectivity index (χ0v) is 12.7. The second kappa shape index (κ2) is 8.45. The first-order chi connectivity index (χ1) is 10.3. The van der Waals surface area contributed by atoms with Crippen molar-refractivity contribution in [3.8, 4) is 5.75 Å². The number of hydrogen-bond acceptors (Lipinski definition) is 3. The van der Waals surface area contributed by atoms with Crippen LogP contribution >= 0.6 is 0 Å². The van der Waals surface area contributed by atoms with Gasteiger partial charge in [-0.2, -0.15) is 0 Å². The van der Waals surface area contributed by atoms with Crippen LogP contribution in [-0.2, 0) is 4.74 Å². The van der Waals surface area contributed by atoms with Gasteiger partial charge in [-0.1, -0.05) is 48.0 Å². The monoisotopic (exact) mass is 285 g/mol. The standard InChI is InChI=1S/C18H23NO2/c1-15-7-6-8-16(13-15)18(14-19-2)21-12-11-20-17-9-4-3-5-10-17/h3-10,13,18-19H,11-12,14H2,1-2H3. The lowest BCUT2D eigenvalue weighted by Gasteiger charge is -2.18. The van der Waals surface area contributed by atoms with Crippen molar-refractivity contribution in [1.82, 2.24) is 5.32 Å². The van der Waals surface area contributed by atoms with Gasteiger partial charge in [0.25, 0.3) is 0 Å². The lowest BCUT2D eigenvalue weighted by Crippen LogP contribution is -2.21. The highest BCUT2D eigenvalue weighted by Gasteiger charge is 2.11. The molecule has 0 fully saturated rings. The van der Waals surface area contributed by atoms with Crippen LogP contribution in [0.4, 0.5) is 0 Å². The Kier molecular flexibility index (Phi) is 6.25. The molecule has 2 aromatic carbocycles. The molecule has 1 unspecified atom stereocenters. The van der Waals surface area contributed by atoms with Gasteiger partial charge in [-0.05, 0) is 31.7 Å². The summed E-state index contributed by atoms with van der Waals surface area (Å²) < 4.78 is 11.6. The number of aryl methyl sites for hydroxylation is 1. The number of rotatable bonds is 8. The number of hydrogen-bond donors (Lipinski definition) is 1. The molecule has 0 aliphatic carbocycles. The van der Waals surface area contributed by atoms with E-state index in [1.165, 1.54) is 11.1 Å². The summed E-state index contributed by atoms with van der Waals surface area (Å²) in [5, 5.41) is 3.18. The Morgan fingerprint density at radius 1 is 1.00 bits per heavy atom. The first-order valence-electron chi connectivity index (χ1n) is 7.30. The van der Waals surface area contributed by atoms with Crippen LogP contribution in [0.3, 0.4) is 0 Å². The Hall–Kier alpha value is -1.84. The van der Waals surface area contributed by atoms with Gasteiger partial charge in [0.1, 0.15) is 12.4 Å². The largest absolute Gasteiger partial charge is 0.491 e. The highest BCUT2D eigenvalue weighted by Crippen LogP contribution is 2.18. The van der Waals surface area contributed by atoms with E-state index in [0.29, 0.717) is 13.2 Å². The minimum absolute atomic E-state index is 0.0503. The molecule has 1 N–H and O–H groups in total. The Morgan fingerprint density at radius 3 is 2.52 bits per heavy atom. The molecule has 2 aromatic rings. The summed E-state index contributed by atoms with van der Waals surface area (Å²) in [5.41, 5.74) is 2.45. The number of para-hydroxylation sites is 1. The SMILES string of the molecule is CNCC(OCCOc1ccccc1)c1cccc(C)c1. The van der Waals surface area contributed by atoms with Crippen molar-refractivity contribution in [2.24, 2.45) is 0 Å². The van der Waals surface area contributed by atoms with Crippen molar-refractivity contribution in [2.45, 2.75) is 13.0 Å². The van der Waals surface area contributed by atoms with Crippen molar-refractivity contribution < 1.29 is 9.47 Å². The van der Waals surface area contributed by atoms with Crippen molar-refractivity contribution in [1.29, 1.82) is 0 Å². The third-order valence-corrected chi connectivity index (χ3v) is 3.22. The summed E-state index contributed by atoms with van der Waals surface area (Å²) in [4.78, 5) is 0. The lowest BCUT2D eigenvalue weighted by molar-refractivity contribution is 0.0341. The average molecular weight is 285 g/mol. The van der Waals surface area contributed by atoms with Gasteiger partial charge in [0.2, 0.25) is 0 Å².